The molecule has 1 aliphatic heterocycles. The molecule has 3 aromatic carbocycles. The molecule has 5 heteroatoms. The molecule has 5 nitrogen and oxygen atoms in total. The summed E-state index contributed by atoms with van der Waals surface area (Å²) in [5, 5.41) is 3.21. The van der Waals surface area contributed by atoms with Gasteiger partial charge in [0, 0.05) is 0 Å². The number of hydrogen-bond acceptors (Lipinski definition) is 4. The maximum absolute atomic E-state index is 13.7. The number of anilines is 2. The summed E-state index contributed by atoms with van der Waals surface area (Å²) in [5.41, 5.74) is 5.51. The number of imide groups is 1. The monoisotopic (exact) mass is 426 g/mol. The fourth-order valence-electron chi connectivity index (χ4n) is 3.82. The molecule has 2 amide bonds. The predicted octanol–water partition coefficient (Wildman–Crippen LogP) is 5.41. The molecule has 0 spiro atoms. The summed E-state index contributed by atoms with van der Waals surface area (Å²) in [6.07, 6.45) is 0. The molecule has 32 heavy (non-hydrogen) atoms. The molecule has 0 atom stereocenters. The number of amides is 2. The van der Waals surface area contributed by atoms with Crippen LogP contribution in [0.4, 0.5) is 11.4 Å². The molecule has 1 aliphatic rings. The van der Waals surface area contributed by atoms with Gasteiger partial charge in [-0.15, -0.1) is 0 Å². The number of benzene rings is 3. The lowest BCUT2D eigenvalue weighted by Gasteiger charge is -2.19. The first-order chi connectivity index (χ1) is 15.4. The number of ether oxygens (including phenoxy) is 1. The van der Waals surface area contributed by atoms with E-state index in [0.717, 1.165) is 16.7 Å². The van der Waals surface area contributed by atoms with Crippen LogP contribution in [0.2, 0.25) is 0 Å². The maximum atomic E-state index is 13.7. The second-order valence-electron chi connectivity index (χ2n) is 7.83. The van der Waals surface area contributed by atoms with E-state index in [1.807, 2.05) is 94.4 Å². The highest BCUT2D eigenvalue weighted by atomic mass is 16.5. The van der Waals surface area contributed by atoms with E-state index in [9.17, 15) is 9.59 Å². The normalized spacial score (nSPS) is 13.7. The Hall–Kier alpha value is -3.86. The summed E-state index contributed by atoms with van der Waals surface area (Å²) in [6.45, 7) is 8.27. The zero-order valence-corrected chi connectivity index (χ0v) is 18.7. The molecule has 0 saturated carbocycles. The van der Waals surface area contributed by atoms with Gasteiger partial charge in [0.05, 0.1) is 23.6 Å². The van der Waals surface area contributed by atoms with Gasteiger partial charge < -0.3 is 10.1 Å². The van der Waals surface area contributed by atoms with E-state index in [-0.39, 0.29) is 17.5 Å². The summed E-state index contributed by atoms with van der Waals surface area (Å²) in [4.78, 5) is 28.6. The van der Waals surface area contributed by atoms with Gasteiger partial charge in [-0.1, -0.05) is 54.1 Å². The molecule has 1 heterocycles. The number of nitrogens with one attached hydrogen (secondary N) is 1. The molecule has 0 fully saturated rings. The Kier molecular flexibility index (Phi) is 5.82. The van der Waals surface area contributed by atoms with Crippen molar-refractivity contribution in [3.63, 3.8) is 0 Å². The van der Waals surface area contributed by atoms with Gasteiger partial charge in [0.2, 0.25) is 0 Å². The highest BCUT2D eigenvalue weighted by molar-refractivity contribution is 6.46. The minimum Gasteiger partial charge on any atom is -0.492 e. The highest BCUT2D eigenvalue weighted by Crippen LogP contribution is 2.37. The summed E-state index contributed by atoms with van der Waals surface area (Å²) in [6, 6.07) is 20.7. The van der Waals surface area contributed by atoms with Gasteiger partial charge in [0.15, 0.2) is 0 Å². The van der Waals surface area contributed by atoms with Crippen LogP contribution in [0.15, 0.2) is 72.4 Å². The van der Waals surface area contributed by atoms with Crippen molar-refractivity contribution in [1.29, 1.82) is 0 Å². The summed E-state index contributed by atoms with van der Waals surface area (Å²) in [7, 11) is 0. The van der Waals surface area contributed by atoms with Crippen LogP contribution in [-0.4, -0.2) is 18.4 Å². The zero-order chi connectivity index (χ0) is 22.8. The second kappa shape index (κ2) is 8.71. The molecule has 1 N–H and O–H groups in total. The highest BCUT2D eigenvalue weighted by Gasteiger charge is 2.41. The molecular weight excluding hydrogens is 400 g/mol. The van der Waals surface area contributed by atoms with E-state index in [4.69, 9.17) is 4.74 Å². The van der Waals surface area contributed by atoms with Crippen LogP contribution >= 0.6 is 0 Å². The van der Waals surface area contributed by atoms with Crippen LogP contribution in [0.5, 0.6) is 5.75 Å². The number of hydrogen-bond donors (Lipinski definition) is 1. The first-order valence-electron chi connectivity index (χ1n) is 10.7. The number of carbonyl (C=O) groups is 2. The molecule has 0 bridgehead atoms. The number of nitrogens with zero attached hydrogens (tertiary/aromatic N) is 1. The summed E-state index contributed by atoms with van der Waals surface area (Å²) >= 11 is 0. The Morgan fingerprint density at radius 1 is 0.844 bits per heavy atom. The number of para-hydroxylation sites is 2. The molecule has 4 rings (SSSR count). The molecule has 162 valence electrons. The predicted molar refractivity (Wildman–Crippen MR) is 128 cm³/mol. The molecule has 3 aromatic rings. The van der Waals surface area contributed by atoms with Crippen LogP contribution in [0.25, 0.3) is 5.57 Å². The Bertz CT molecular complexity index is 1230. The second-order valence-corrected chi connectivity index (χ2v) is 7.83. The maximum Gasteiger partial charge on any atom is 0.282 e. The fourth-order valence-corrected chi connectivity index (χ4v) is 3.82. The van der Waals surface area contributed by atoms with Crippen LogP contribution in [0.1, 0.15) is 29.2 Å². The van der Waals surface area contributed by atoms with Crippen LogP contribution in [-0.2, 0) is 9.59 Å². The smallest absolute Gasteiger partial charge is 0.282 e. The lowest BCUT2D eigenvalue weighted by molar-refractivity contribution is -0.120. The largest absolute Gasteiger partial charge is 0.492 e. The van der Waals surface area contributed by atoms with E-state index in [0.29, 0.717) is 34.9 Å². The molecule has 0 saturated heterocycles. The van der Waals surface area contributed by atoms with Gasteiger partial charge >= 0.3 is 0 Å². The van der Waals surface area contributed by atoms with E-state index < -0.39 is 0 Å². The van der Waals surface area contributed by atoms with Gasteiger partial charge in [-0.05, 0) is 62.6 Å². The Labute approximate surface area is 188 Å². The SMILES string of the molecule is CCOc1ccccc1NC1=C(c2ccc(C)cc2)C(=O)N(c2cccc(C)c2C)C1=O. The number of aryl methyl sites for hydroxylation is 2. The van der Waals surface area contributed by atoms with Crippen LogP contribution in [0, 0.1) is 20.8 Å². The third kappa shape index (κ3) is 3.78. The minimum absolute atomic E-state index is 0.243. The third-order valence-corrected chi connectivity index (χ3v) is 5.69. The first kappa shape index (κ1) is 21.4. The van der Waals surface area contributed by atoms with Crippen molar-refractivity contribution >= 4 is 28.8 Å². The van der Waals surface area contributed by atoms with Crippen LogP contribution < -0.4 is 15.0 Å². The van der Waals surface area contributed by atoms with Gasteiger partial charge in [-0.25, -0.2) is 4.90 Å². The standard InChI is InChI=1S/C27H26N2O3/c1-5-32-23-12-7-6-10-21(23)28-25-24(20-15-13-17(2)14-16-20)26(30)29(27(25)31)22-11-8-9-18(3)19(22)4/h6-16,28H,5H2,1-4H3. The molecule has 0 aromatic heterocycles. The Morgan fingerprint density at radius 2 is 1.56 bits per heavy atom. The molecular formula is C27H26N2O3. The average Bonchev–Trinajstić information content (AvgIpc) is 3.02. The molecule has 0 radical (unpaired) electrons. The van der Waals surface area contributed by atoms with Crippen molar-refractivity contribution in [2.75, 3.05) is 16.8 Å². The fraction of sp³-hybridized carbons (Fsp3) is 0.185. The van der Waals surface area contributed by atoms with E-state index in [2.05, 4.69) is 5.32 Å². The topological polar surface area (TPSA) is 58.6 Å². The van der Waals surface area contributed by atoms with Crippen LogP contribution in [0.3, 0.4) is 0 Å². The zero-order valence-electron chi connectivity index (χ0n) is 18.7. The van der Waals surface area contributed by atoms with Gasteiger partial charge in [-0.2, -0.15) is 0 Å². The number of rotatable bonds is 6. The van der Waals surface area contributed by atoms with E-state index in [1.54, 1.807) is 0 Å². The molecule has 0 aliphatic carbocycles. The van der Waals surface area contributed by atoms with Crippen molar-refractivity contribution in [3.8, 4) is 5.75 Å². The quantitative estimate of drug-likeness (QED) is 0.536. The van der Waals surface area contributed by atoms with Gasteiger partial charge in [0.25, 0.3) is 11.8 Å². The molecule has 0 unspecified atom stereocenters. The van der Waals surface area contributed by atoms with E-state index >= 15 is 0 Å². The minimum atomic E-state index is -0.384. The average molecular weight is 427 g/mol. The van der Waals surface area contributed by atoms with Crippen molar-refractivity contribution < 1.29 is 14.3 Å². The lowest BCUT2D eigenvalue weighted by Crippen LogP contribution is -2.33. The lowest BCUT2D eigenvalue weighted by atomic mass is 10.0. The van der Waals surface area contributed by atoms with Gasteiger partial charge in [-0.3, -0.25) is 9.59 Å². The van der Waals surface area contributed by atoms with Crippen molar-refractivity contribution in [2.24, 2.45) is 0 Å². The summed E-state index contributed by atoms with van der Waals surface area (Å²) < 4.78 is 5.72. The third-order valence-electron chi connectivity index (χ3n) is 5.69. The first-order valence-corrected chi connectivity index (χ1v) is 10.7. The van der Waals surface area contributed by atoms with Crippen molar-refractivity contribution in [2.45, 2.75) is 27.7 Å². The summed E-state index contributed by atoms with van der Waals surface area (Å²) in [5.74, 6) is -0.106. The van der Waals surface area contributed by atoms with Crippen molar-refractivity contribution in [3.05, 3.63) is 94.7 Å². The number of carbonyl (C=O) groups excluding carboxylic acids is 2. The Balaban J connectivity index is 1.86. The van der Waals surface area contributed by atoms with Gasteiger partial charge in [0.1, 0.15) is 11.4 Å². The Morgan fingerprint density at radius 3 is 2.28 bits per heavy atom. The van der Waals surface area contributed by atoms with E-state index in [1.165, 1.54) is 4.90 Å². The van der Waals surface area contributed by atoms with Crippen molar-refractivity contribution in [1.82, 2.24) is 0 Å².